The number of sulfone groups is 1. The summed E-state index contributed by atoms with van der Waals surface area (Å²) in [7, 11) is -3.19. The maximum Gasteiger partial charge on any atom is 0.191 e. The molecule has 158 valence electrons. The molecule has 1 aromatic carbocycles. The van der Waals surface area contributed by atoms with E-state index in [9.17, 15) is 12.8 Å². The first-order valence-electron chi connectivity index (χ1n) is 9.78. The van der Waals surface area contributed by atoms with Crippen LogP contribution in [0.1, 0.15) is 50.2 Å². The molecule has 0 heterocycles. The topological polar surface area (TPSA) is 70.6 Å². The Balaban J connectivity index is 0.00000280. The molecule has 2 fully saturated rings. The lowest BCUT2D eigenvalue weighted by atomic mass is 9.65. The third-order valence-electron chi connectivity index (χ3n) is 5.74. The van der Waals surface area contributed by atoms with Crippen LogP contribution >= 0.6 is 24.0 Å². The number of nitrogens with zero attached hydrogens (tertiary/aromatic N) is 1. The number of rotatable bonds is 8. The molecule has 0 saturated heterocycles. The SMILES string of the molecule is CCNC(=NCc1cc(F)ccc1CS(C)(=O)=O)NCC1(C2CC2)CCC1.I. The van der Waals surface area contributed by atoms with Crippen LogP contribution in [-0.2, 0) is 22.1 Å². The van der Waals surface area contributed by atoms with Gasteiger partial charge in [0.05, 0.1) is 12.3 Å². The Kier molecular flexibility index (Phi) is 8.13. The molecule has 0 atom stereocenters. The van der Waals surface area contributed by atoms with E-state index in [4.69, 9.17) is 0 Å². The molecule has 0 bridgehead atoms. The van der Waals surface area contributed by atoms with Crippen molar-refractivity contribution in [2.45, 2.75) is 51.3 Å². The zero-order valence-corrected chi connectivity index (χ0v) is 19.8. The average Bonchev–Trinajstić information content (AvgIpc) is 3.37. The number of guanidine groups is 1. The van der Waals surface area contributed by atoms with Crippen LogP contribution in [0.2, 0.25) is 0 Å². The molecule has 2 N–H and O–H groups in total. The quantitative estimate of drug-likeness (QED) is 0.310. The van der Waals surface area contributed by atoms with Gasteiger partial charge in [0, 0.05) is 19.3 Å². The number of hydrogen-bond donors (Lipinski definition) is 2. The van der Waals surface area contributed by atoms with Crippen LogP contribution in [0.4, 0.5) is 4.39 Å². The first-order valence-corrected chi connectivity index (χ1v) is 11.8. The molecule has 2 aliphatic rings. The molecule has 0 unspecified atom stereocenters. The van der Waals surface area contributed by atoms with Crippen LogP contribution in [0.3, 0.4) is 0 Å². The van der Waals surface area contributed by atoms with E-state index in [2.05, 4.69) is 15.6 Å². The fourth-order valence-corrected chi connectivity index (χ4v) is 4.83. The third kappa shape index (κ3) is 6.30. The van der Waals surface area contributed by atoms with Gasteiger partial charge in [-0.05, 0) is 67.2 Å². The van der Waals surface area contributed by atoms with Crippen LogP contribution in [0, 0.1) is 17.2 Å². The summed E-state index contributed by atoms with van der Waals surface area (Å²) < 4.78 is 37.0. The molecule has 5 nitrogen and oxygen atoms in total. The van der Waals surface area contributed by atoms with Gasteiger partial charge >= 0.3 is 0 Å². The number of benzene rings is 1. The van der Waals surface area contributed by atoms with E-state index in [1.807, 2.05) is 6.92 Å². The summed E-state index contributed by atoms with van der Waals surface area (Å²) in [6.45, 7) is 3.91. The van der Waals surface area contributed by atoms with Gasteiger partial charge in [0.15, 0.2) is 15.8 Å². The highest BCUT2D eigenvalue weighted by Crippen LogP contribution is 2.56. The normalized spacial score (nSPS) is 18.8. The van der Waals surface area contributed by atoms with Gasteiger partial charge in [-0.1, -0.05) is 12.5 Å². The second-order valence-corrected chi connectivity index (χ2v) is 10.2. The first kappa shape index (κ1) is 23.4. The summed E-state index contributed by atoms with van der Waals surface area (Å²) in [5, 5.41) is 6.71. The summed E-state index contributed by atoms with van der Waals surface area (Å²) >= 11 is 0. The lowest BCUT2D eigenvalue weighted by Gasteiger charge is -2.43. The largest absolute Gasteiger partial charge is 0.357 e. The highest BCUT2D eigenvalue weighted by atomic mass is 127. The number of halogens is 2. The standard InChI is InChI=1S/C20H30FN3O2S.HI/c1-3-22-19(24-14-20(9-4-10-20)17-6-7-17)23-12-16-11-18(21)8-5-15(16)13-27(2,25)26;/h5,8,11,17H,3-4,6-7,9-10,12-14H2,1-2H3,(H2,22,23,24);1H. The predicted octanol–water partition coefficient (Wildman–Crippen LogP) is 3.62. The Hall–Kier alpha value is -0.900. The van der Waals surface area contributed by atoms with Crippen molar-refractivity contribution < 1.29 is 12.8 Å². The van der Waals surface area contributed by atoms with Crippen molar-refractivity contribution in [2.75, 3.05) is 19.3 Å². The fourth-order valence-electron chi connectivity index (χ4n) is 3.99. The lowest BCUT2D eigenvalue weighted by molar-refractivity contribution is 0.106. The van der Waals surface area contributed by atoms with Crippen LogP contribution in [-0.4, -0.2) is 33.7 Å². The molecule has 0 radical (unpaired) electrons. The van der Waals surface area contributed by atoms with E-state index in [0.29, 0.717) is 22.5 Å². The van der Waals surface area contributed by atoms with Crippen molar-refractivity contribution in [3.8, 4) is 0 Å². The average molecular weight is 523 g/mol. The van der Waals surface area contributed by atoms with Crippen molar-refractivity contribution in [1.82, 2.24) is 10.6 Å². The first-order chi connectivity index (χ1) is 12.8. The summed E-state index contributed by atoms with van der Waals surface area (Å²) in [6, 6.07) is 4.22. The van der Waals surface area contributed by atoms with E-state index in [1.165, 1.54) is 56.6 Å². The molecule has 3 rings (SSSR count). The van der Waals surface area contributed by atoms with E-state index in [0.717, 1.165) is 19.0 Å². The van der Waals surface area contributed by atoms with Gasteiger partial charge in [0.25, 0.3) is 0 Å². The third-order valence-corrected chi connectivity index (χ3v) is 6.57. The number of nitrogens with one attached hydrogen (secondary N) is 2. The van der Waals surface area contributed by atoms with Gasteiger partial charge in [-0.3, -0.25) is 0 Å². The van der Waals surface area contributed by atoms with E-state index in [1.54, 1.807) is 0 Å². The van der Waals surface area contributed by atoms with Gasteiger partial charge in [-0.25, -0.2) is 17.8 Å². The Morgan fingerprint density at radius 1 is 1.25 bits per heavy atom. The number of aliphatic imine (C=N–C) groups is 1. The number of hydrogen-bond acceptors (Lipinski definition) is 3. The molecule has 8 heteroatoms. The smallest absolute Gasteiger partial charge is 0.191 e. The van der Waals surface area contributed by atoms with Crippen molar-refractivity contribution in [2.24, 2.45) is 16.3 Å². The van der Waals surface area contributed by atoms with Gasteiger partial charge in [-0.2, -0.15) is 0 Å². The molecule has 28 heavy (non-hydrogen) atoms. The summed E-state index contributed by atoms with van der Waals surface area (Å²) in [5.41, 5.74) is 1.64. The van der Waals surface area contributed by atoms with Gasteiger partial charge in [0.1, 0.15) is 5.82 Å². The minimum atomic E-state index is -3.19. The monoisotopic (exact) mass is 523 g/mol. The maximum atomic E-state index is 13.7. The molecule has 1 aromatic rings. The Bertz CT molecular complexity index is 806. The molecule has 0 spiro atoms. The van der Waals surface area contributed by atoms with Crippen molar-refractivity contribution in [3.05, 3.63) is 35.1 Å². The van der Waals surface area contributed by atoms with E-state index >= 15 is 0 Å². The zero-order chi connectivity index (χ0) is 19.5. The molecule has 0 aliphatic heterocycles. The minimum absolute atomic E-state index is 0. The van der Waals surface area contributed by atoms with Crippen LogP contribution < -0.4 is 10.6 Å². The fraction of sp³-hybridized carbons (Fsp3) is 0.650. The van der Waals surface area contributed by atoms with Crippen molar-refractivity contribution in [3.63, 3.8) is 0 Å². The second-order valence-electron chi connectivity index (χ2n) is 8.02. The molecular formula is C20H31FIN3O2S. The highest BCUT2D eigenvalue weighted by Gasteiger charge is 2.48. The Morgan fingerprint density at radius 3 is 2.50 bits per heavy atom. The molecule has 2 aliphatic carbocycles. The molecule has 2 saturated carbocycles. The van der Waals surface area contributed by atoms with Gasteiger partial charge in [-0.15, -0.1) is 24.0 Å². The van der Waals surface area contributed by atoms with E-state index in [-0.39, 0.29) is 42.1 Å². The molecule has 0 amide bonds. The Morgan fingerprint density at radius 2 is 1.96 bits per heavy atom. The van der Waals surface area contributed by atoms with Crippen LogP contribution in [0.5, 0.6) is 0 Å². The maximum absolute atomic E-state index is 13.7. The predicted molar refractivity (Wildman–Crippen MR) is 122 cm³/mol. The van der Waals surface area contributed by atoms with Crippen molar-refractivity contribution in [1.29, 1.82) is 0 Å². The summed E-state index contributed by atoms with van der Waals surface area (Å²) in [4.78, 5) is 4.59. The van der Waals surface area contributed by atoms with Gasteiger partial charge in [0.2, 0.25) is 0 Å². The van der Waals surface area contributed by atoms with Crippen molar-refractivity contribution >= 4 is 39.8 Å². The molecular weight excluding hydrogens is 492 g/mol. The summed E-state index contributed by atoms with van der Waals surface area (Å²) in [5.74, 6) is 1.08. The second kappa shape index (κ2) is 9.73. The lowest BCUT2D eigenvalue weighted by Crippen LogP contribution is -2.47. The van der Waals surface area contributed by atoms with Crippen LogP contribution in [0.25, 0.3) is 0 Å². The van der Waals surface area contributed by atoms with E-state index < -0.39 is 9.84 Å². The Labute approximate surface area is 184 Å². The van der Waals surface area contributed by atoms with Gasteiger partial charge < -0.3 is 10.6 Å². The molecule has 0 aromatic heterocycles. The highest BCUT2D eigenvalue weighted by molar-refractivity contribution is 14.0. The summed E-state index contributed by atoms with van der Waals surface area (Å²) in [6.07, 6.45) is 7.74. The zero-order valence-electron chi connectivity index (χ0n) is 16.6. The van der Waals surface area contributed by atoms with Crippen LogP contribution in [0.15, 0.2) is 23.2 Å². The minimum Gasteiger partial charge on any atom is -0.357 e.